The Hall–Kier alpha value is -0.795. The highest BCUT2D eigenvalue weighted by Crippen LogP contribution is 2.36. The van der Waals surface area contributed by atoms with Crippen molar-refractivity contribution in [3.8, 4) is 0 Å². The molecule has 21 heavy (non-hydrogen) atoms. The van der Waals surface area contributed by atoms with Gasteiger partial charge in [0.25, 0.3) is 0 Å². The van der Waals surface area contributed by atoms with Crippen LogP contribution in [0.25, 0.3) is 0 Å². The van der Waals surface area contributed by atoms with Gasteiger partial charge in [-0.3, -0.25) is 0 Å². The van der Waals surface area contributed by atoms with Gasteiger partial charge in [0.05, 0.1) is 11.2 Å². The summed E-state index contributed by atoms with van der Waals surface area (Å²) in [5.41, 5.74) is 1.93. The van der Waals surface area contributed by atoms with Gasteiger partial charge < -0.3 is 9.31 Å². The first-order chi connectivity index (χ1) is 9.68. The molecule has 2 nitrogen and oxygen atoms in total. The molecule has 1 aromatic carbocycles. The van der Waals surface area contributed by atoms with E-state index in [-0.39, 0.29) is 18.3 Å². The van der Waals surface area contributed by atoms with Gasteiger partial charge in [-0.05, 0) is 50.6 Å². The second-order valence-electron chi connectivity index (χ2n) is 7.43. The maximum Gasteiger partial charge on any atom is 0.494 e. The lowest BCUT2D eigenvalue weighted by Gasteiger charge is -2.32. The van der Waals surface area contributed by atoms with Crippen molar-refractivity contribution >= 4 is 12.6 Å². The van der Waals surface area contributed by atoms with Gasteiger partial charge in [-0.2, -0.15) is 0 Å². The van der Waals surface area contributed by atoms with Crippen LogP contribution >= 0.6 is 0 Å². The van der Waals surface area contributed by atoms with Crippen LogP contribution in [0, 0.1) is 5.92 Å². The Morgan fingerprint density at radius 1 is 1.05 bits per heavy atom. The van der Waals surface area contributed by atoms with Crippen LogP contribution < -0.4 is 5.46 Å². The van der Waals surface area contributed by atoms with Crippen molar-refractivity contribution in [2.45, 2.75) is 72.0 Å². The van der Waals surface area contributed by atoms with E-state index < -0.39 is 0 Å². The van der Waals surface area contributed by atoms with Gasteiger partial charge in [0.15, 0.2) is 0 Å². The Balaban J connectivity index is 2.23. The van der Waals surface area contributed by atoms with E-state index in [9.17, 15) is 0 Å². The van der Waals surface area contributed by atoms with Crippen molar-refractivity contribution in [2.24, 2.45) is 5.92 Å². The molecule has 3 heteroatoms. The maximum absolute atomic E-state index is 6.15. The van der Waals surface area contributed by atoms with E-state index in [1.165, 1.54) is 12.0 Å². The summed E-state index contributed by atoms with van der Waals surface area (Å²) in [6.07, 6.45) is 1.20. The summed E-state index contributed by atoms with van der Waals surface area (Å²) >= 11 is 0. The Morgan fingerprint density at radius 2 is 1.62 bits per heavy atom. The third kappa shape index (κ3) is 3.19. The van der Waals surface area contributed by atoms with E-state index >= 15 is 0 Å². The molecule has 0 bridgehead atoms. The van der Waals surface area contributed by atoms with Crippen molar-refractivity contribution in [1.29, 1.82) is 0 Å². The second-order valence-corrected chi connectivity index (χ2v) is 7.43. The minimum atomic E-state index is -0.282. The molecule has 0 N–H and O–H groups in total. The largest absolute Gasteiger partial charge is 0.494 e. The SMILES string of the molecule is CCC(C)C(C)c1cccc(B2OC(C)(C)C(C)(C)O2)c1. The van der Waals surface area contributed by atoms with Crippen LogP contribution in [0.2, 0.25) is 0 Å². The molecular weight excluding hydrogens is 259 g/mol. The fourth-order valence-electron chi connectivity index (χ4n) is 2.65. The third-order valence-electron chi connectivity index (χ3n) is 5.46. The van der Waals surface area contributed by atoms with E-state index in [0.29, 0.717) is 11.8 Å². The molecule has 1 aliphatic heterocycles. The zero-order valence-corrected chi connectivity index (χ0v) is 14.6. The number of hydrogen-bond acceptors (Lipinski definition) is 2. The molecule has 1 heterocycles. The molecule has 0 aromatic heterocycles. The van der Waals surface area contributed by atoms with E-state index in [1.807, 2.05) is 0 Å². The molecule has 2 unspecified atom stereocenters. The van der Waals surface area contributed by atoms with Crippen molar-refractivity contribution in [1.82, 2.24) is 0 Å². The first-order valence-corrected chi connectivity index (χ1v) is 8.13. The van der Waals surface area contributed by atoms with Gasteiger partial charge in [-0.1, -0.05) is 51.5 Å². The lowest BCUT2D eigenvalue weighted by molar-refractivity contribution is 0.00578. The molecule has 0 amide bonds. The molecule has 0 spiro atoms. The smallest absolute Gasteiger partial charge is 0.399 e. The normalized spacial score (nSPS) is 23.1. The van der Waals surface area contributed by atoms with Gasteiger partial charge in [0.2, 0.25) is 0 Å². The lowest BCUT2D eigenvalue weighted by atomic mass is 9.76. The van der Waals surface area contributed by atoms with Crippen LogP contribution in [0.3, 0.4) is 0 Å². The molecule has 1 saturated heterocycles. The van der Waals surface area contributed by atoms with Gasteiger partial charge in [0.1, 0.15) is 0 Å². The van der Waals surface area contributed by atoms with Crippen molar-refractivity contribution in [3.05, 3.63) is 29.8 Å². The van der Waals surface area contributed by atoms with Crippen LogP contribution in [0.5, 0.6) is 0 Å². The standard InChI is InChI=1S/C18H29BO2/c1-8-13(2)14(3)15-10-9-11-16(12-15)19-20-17(4,5)18(6,7)21-19/h9-14H,8H2,1-7H3. The lowest BCUT2D eigenvalue weighted by Crippen LogP contribution is -2.41. The number of hydrogen-bond donors (Lipinski definition) is 0. The monoisotopic (exact) mass is 288 g/mol. The fraction of sp³-hybridized carbons (Fsp3) is 0.667. The van der Waals surface area contributed by atoms with Crippen LogP contribution in [-0.2, 0) is 9.31 Å². The van der Waals surface area contributed by atoms with Gasteiger partial charge >= 0.3 is 7.12 Å². The molecule has 2 atom stereocenters. The predicted molar refractivity (Wildman–Crippen MR) is 90.0 cm³/mol. The average Bonchev–Trinajstić information content (AvgIpc) is 2.66. The quantitative estimate of drug-likeness (QED) is 0.775. The highest BCUT2D eigenvalue weighted by molar-refractivity contribution is 6.62. The first-order valence-electron chi connectivity index (χ1n) is 8.13. The predicted octanol–water partition coefficient (Wildman–Crippen LogP) is 4.14. The molecule has 0 aliphatic carbocycles. The van der Waals surface area contributed by atoms with Crippen LogP contribution in [0.1, 0.15) is 66.4 Å². The summed E-state index contributed by atoms with van der Waals surface area (Å²) in [4.78, 5) is 0. The Morgan fingerprint density at radius 3 is 2.14 bits per heavy atom. The summed E-state index contributed by atoms with van der Waals surface area (Å²) in [6, 6.07) is 8.69. The summed E-state index contributed by atoms with van der Waals surface area (Å²) in [5, 5.41) is 0. The van der Waals surface area contributed by atoms with E-state index in [2.05, 4.69) is 72.7 Å². The molecule has 1 fully saturated rings. The minimum absolute atomic E-state index is 0.265. The van der Waals surface area contributed by atoms with E-state index in [4.69, 9.17) is 9.31 Å². The van der Waals surface area contributed by atoms with Gasteiger partial charge in [0, 0.05) is 0 Å². The van der Waals surface area contributed by atoms with E-state index in [0.717, 1.165) is 5.46 Å². The summed E-state index contributed by atoms with van der Waals surface area (Å²) in [5.74, 6) is 1.23. The number of benzene rings is 1. The highest BCUT2D eigenvalue weighted by Gasteiger charge is 2.51. The van der Waals surface area contributed by atoms with Gasteiger partial charge in [-0.15, -0.1) is 0 Å². The zero-order chi connectivity index (χ0) is 15.8. The topological polar surface area (TPSA) is 18.5 Å². The first kappa shape index (κ1) is 16.6. The van der Waals surface area contributed by atoms with Crippen molar-refractivity contribution in [2.75, 3.05) is 0 Å². The van der Waals surface area contributed by atoms with Crippen LogP contribution in [-0.4, -0.2) is 18.3 Å². The third-order valence-corrected chi connectivity index (χ3v) is 5.46. The summed E-state index contributed by atoms with van der Waals surface area (Å²) in [6.45, 7) is 15.2. The fourth-order valence-corrected chi connectivity index (χ4v) is 2.65. The Bertz CT molecular complexity index is 480. The van der Waals surface area contributed by atoms with E-state index in [1.54, 1.807) is 0 Å². The van der Waals surface area contributed by atoms with Crippen LogP contribution in [0.4, 0.5) is 0 Å². The zero-order valence-electron chi connectivity index (χ0n) is 14.6. The molecule has 0 radical (unpaired) electrons. The maximum atomic E-state index is 6.15. The highest BCUT2D eigenvalue weighted by atomic mass is 16.7. The average molecular weight is 288 g/mol. The van der Waals surface area contributed by atoms with Crippen LogP contribution in [0.15, 0.2) is 24.3 Å². The molecule has 1 aromatic rings. The van der Waals surface area contributed by atoms with Crippen molar-refractivity contribution < 1.29 is 9.31 Å². The van der Waals surface area contributed by atoms with Gasteiger partial charge in [-0.25, -0.2) is 0 Å². The summed E-state index contributed by atoms with van der Waals surface area (Å²) in [7, 11) is -0.265. The molecule has 2 rings (SSSR count). The molecule has 0 saturated carbocycles. The minimum Gasteiger partial charge on any atom is -0.399 e. The molecule has 1 aliphatic rings. The summed E-state index contributed by atoms with van der Waals surface area (Å²) < 4.78 is 12.3. The second kappa shape index (κ2) is 5.77. The molecule has 116 valence electrons. The molecular formula is C18H29BO2. The Kier molecular flexibility index (Phi) is 4.56. The van der Waals surface area contributed by atoms with Crippen molar-refractivity contribution in [3.63, 3.8) is 0 Å². The number of rotatable bonds is 4. The Labute approximate surface area is 130 Å².